The van der Waals surface area contributed by atoms with Gasteiger partial charge in [0.1, 0.15) is 0 Å². The number of nitrogens with zero attached hydrogens (tertiary/aromatic N) is 1. The third-order valence-electron chi connectivity index (χ3n) is 2.96. The third-order valence-corrected chi connectivity index (χ3v) is 2.96. The van der Waals surface area contributed by atoms with Crippen LogP contribution in [0.25, 0.3) is 0 Å². The molecule has 3 nitrogen and oxygen atoms in total. The van der Waals surface area contributed by atoms with Gasteiger partial charge >= 0.3 is 17.8 Å². The molecular weight excluding hydrogens is 266 g/mol. The van der Waals surface area contributed by atoms with Crippen molar-refractivity contribution in [2.24, 2.45) is 0 Å². The Morgan fingerprint density at radius 3 is 2.32 bits per heavy atom. The van der Waals surface area contributed by atoms with E-state index in [9.17, 15) is 22.4 Å². The Labute approximate surface area is 106 Å². The summed E-state index contributed by atoms with van der Waals surface area (Å²) < 4.78 is 52.0. The average molecular weight is 277 g/mol. The van der Waals surface area contributed by atoms with Crippen molar-refractivity contribution in [2.45, 2.75) is 18.4 Å². The number of likely N-dealkylation sites (tertiary alicyclic amines) is 1. The fraction of sp³-hybridized carbons (Fsp3) is 0.417. The number of benzene rings is 1. The molecule has 0 unspecified atom stereocenters. The molecule has 0 atom stereocenters. The molecule has 1 aliphatic heterocycles. The number of alkyl halides is 4. The highest BCUT2D eigenvalue weighted by Gasteiger charge is 2.62. The first-order chi connectivity index (χ1) is 8.71. The smallest absolute Gasteiger partial charge is 0.335 e. The topological polar surface area (TPSA) is 40.5 Å². The van der Waals surface area contributed by atoms with Crippen molar-refractivity contribution in [1.29, 1.82) is 0 Å². The highest BCUT2D eigenvalue weighted by molar-refractivity contribution is 5.87. The van der Waals surface area contributed by atoms with Gasteiger partial charge in [-0.25, -0.2) is 4.79 Å². The normalized spacial score (nSPS) is 21.5. The van der Waals surface area contributed by atoms with E-state index in [0.717, 1.165) is 4.90 Å². The lowest BCUT2D eigenvalue weighted by Gasteiger charge is -2.15. The molecule has 1 aromatic carbocycles. The zero-order chi connectivity index (χ0) is 14.3. The van der Waals surface area contributed by atoms with E-state index in [1.807, 2.05) is 0 Å². The van der Waals surface area contributed by atoms with Crippen LogP contribution in [0.15, 0.2) is 24.3 Å². The highest BCUT2D eigenvalue weighted by atomic mass is 19.3. The molecule has 2 rings (SSSR count). The number of carbonyl (C=O) groups is 1. The van der Waals surface area contributed by atoms with Gasteiger partial charge in [-0.3, -0.25) is 4.90 Å². The maximum absolute atomic E-state index is 13.0. The van der Waals surface area contributed by atoms with Gasteiger partial charge in [0.05, 0.1) is 18.7 Å². The van der Waals surface area contributed by atoms with Gasteiger partial charge < -0.3 is 5.11 Å². The Bertz CT molecular complexity index is 488. The minimum absolute atomic E-state index is 0.00443. The van der Waals surface area contributed by atoms with Crippen LogP contribution in [0.5, 0.6) is 0 Å². The Kier molecular flexibility index (Phi) is 3.25. The van der Waals surface area contributed by atoms with E-state index in [-0.39, 0.29) is 12.1 Å². The molecule has 0 bridgehead atoms. The quantitative estimate of drug-likeness (QED) is 0.863. The van der Waals surface area contributed by atoms with E-state index in [4.69, 9.17) is 5.11 Å². The minimum Gasteiger partial charge on any atom is -0.478 e. The summed E-state index contributed by atoms with van der Waals surface area (Å²) in [6.07, 6.45) is 0. The lowest BCUT2D eigenvalue weighted by Crippen LogP contribution is -2.38. The molecular formula is C12H11F4NO2. The summed E-state index contributed by atoms with van der Waals surface area (Å²) in [5, 5.41) is 8.78. The molecule has 19 heavy (non-hydrogen) atoms. The van der Waals surface area contributed by atoms with Crippen molar-refractivity contribution >= 4 is 5.97 Å². The van der Waals surface area contributed by atoms with Gasteiger partial charge in [-0.05, 0) is 17.7 Å². The van der Waals surface area contributed by atoms with E-state index in [1.165, 1.54) is 24.3 Å². The minimum atomic E-state index is -4.04. The van der Waals surface area contributed by atoms with Crippen LogP contribution in [0.1, 0.15) is 15.9 Å². The van der Waals surface area contributed by atoms with E-state index in [2.05, 4.69) is 0 Å². The lowest BCUT2D eigenvalue weighted by atomic mass is 10.1. The van der Waals surface area contributed by atoms with Crippen molar-refractivity contribution < 1.29 is 27.5 Å². The zero-order valence-corrected chi connectivity index (χ0v) is 9.75. The van der Waals surface area contributed by atoms with Gasteiger partial charge in [-0.15, -0.1) is 0 Å². The Morgan fingerprint density at radius 1 is 1.21 bits per heavy atom. The molecule has 1 saturated heterocycles. The fourth-order valence-electron chi connectivity index (χ4n) is 2.02. The summed E-state index contributed by atoms with van der Waals surface area (Å²) in [6, 6.07) is 5.60. The van der Waals surface area contributed by atoms with Crippen LogP contribution in [0.4, 0.5) is 17.6 Å². The molecule has 1 fully saturated rings. The SMILES string of the molecule is O=C(O)c1cccc(CN2CC(F)(F)C(F)(F)C2)c1. The van der Waals surface area contributed by atoms with Crippen LogP contribution in [0.3, 0.4) is 0 Å². The second-order valence-corrected chi connectivity index (χ2v) is 4.56. The molecule has 0 saturated carbocycles. The van der Waals surface area contributed by atoms with E-state index >= 15 is 0 Å². The maximum atomic E-state index is 13.0. The van der Waals surface area contributed by atoms with Gasteiger partial charge in [-0.1, -0.05) is 12.1 Å². The standard InChI is InChI=1S/C12H11F4NO2/c13-11(14)6-17(7-12(11,15)16)5-8-2-1-3-9(4-8)10(18)19/h1-4H,5-7H2,(H,18,19). The number of carboxylic acids is 1. The average Bonchev–Trinajstić information content (AvgIpc) is 2.47. The fourth-order valence-corrected chi connectivity index (χ4v) is 2.02. The molecule has 0 radical (unpaired) electrons. The van der Waals surface area contributed by atoms with Crippen LogP contribution in [-0.2, 0) is 6.54 Å². The maximum Gasteiger partial charge on any atom is 0.335 e. The molecule has 1 aliphatic rings. The van der Waals surface area contributed by atoms with Gasteiger partial charge in [0.25, 0.3) is 0 Å². The van der Waals surface area contributed by atoms with Gasteiger partial charge in [0, 0.05) is 6.54 Å². The summed E-state index contributed by atoms with van der Waals surface area (Å²) in [7, 11) is 0. The van der Waals surface area contributed by atoms with Gasteiger partial charge in [-0.2, -0.15) is 17.6 Å². The monoisotopic (exact) mass is 277 g/mol. The van der Waals surface area contributed by atoms with Crippen molar-refractivity contribution in [3.05, 3.63) is 35.4 Å². The number of halogens is 4. The Morgan fingerprint density at radius 2 is 1.79 bits per heavy atom. The molecule has 1 N–H and O–H groups in total. The predicted molar refractivity (Wildman–Crippen MR) is 58.6 cm³/mol. The second kappa shape index (κ2) is 4.48. The van der Waals surface area contributed by atoms with Crippen LogP contribution >= 0.6 is 0 Å². The van der Waals surface area contributed by atoms with Crippen molar-refractivity contribution in [3.8, 4) is 0 Å². The summed E-state index contributed by atoms with van der Waals surface area (Å²) in [4.78, 5) is 11.7. The second-order valence-electron chi connectivity index (χ2n) is 4.56. The summed E-state index contributed by atoms with van der Waals surface area (Å²) in [5.41, 5.74) is 0.406. The molecule has 104 valence electrons. The summed E-state index contributed by atoms with van der Waals surface area (Å²) in [6.45, 7) is -2.19. The summed E-state index contributed by atoms with van der Waals surface area (Å²) in [5.74, 6) is -9.24. The number of rotatable bonds is 3. The van der Waals surface area contributed by atoms with Crippen LogP contribution < -0.4 is 0 Å². The molecule has 0 aliphatic carbocycles. The lowest BCUT2D eigenvalue weighted by molar-refractivity contribution is -0.172. The largest absolute Gasteiger partial charge is 0.478 e. The van der Waals surface area contributed by atoms with Crippen LogP contribution in [0.2, 0.25) is 0 Å². The first kappa shape index (κ1) is 13.8. The van der Waals surface area contributed by atoms with E-state index < -0.39 is 30.9 Å². The third kappa shape index (κ3) is 2.70. The zero-order valence-electron chi connectivity index (χ0n) is 9.75. The van der Waals surface area contributed by atoms with E-state index in [0.29, 0.717) is 5.56 Å². The van der Waals surface area contributed by atoms with Gasteiger partial charge in [0.15, 0.2) is 0 Å². The van der Waals surface area contributed by atoms with Crippen LogP contribution in [-0.4, -0.2) is 40.9 Å². The molecule has 1 aromatic rings. The predicted octanol–water partition coefficient (Wildman–Crippen LogP) is 2.47. The van der Waals surface area contributed by atoms with Gasteiger partial charge in [0.2, 0.25) is 0 Å². The number of aromatic carboxylic acids is 1. The molecule has 0 aromatic heterocycles. The molecule has 1 heterocycles. The summed E-state index contributed by atoms with van der Waals surface area (Å²) >= 11 is 0. The van der Waals surface area contributed by atoms with Crippen molar-refractivity contribution in [1.82, 2.24) is 4.90 Å². The van der Waals surface area contributed by atoms with Crippen molar-refractivity contribution in [3.63, 3.8) is 0 Å². The first-order valence-corrected chi connectivity index (χ1v) is 5.51. The Balaban J connectivity index is 2.11. The first-order valence-electron chi connectivity index (χ1n) is 5.51. The number of hydrogen-bond acceptors (Lipinski definition) is 2. The number of hydrogen-bond donors (Lipinski definition) is 1. The van der Waals surface area contributed by atoms with E-state index in [1.54, 1.807) is 0 Å². The van der Waals surface area contributed by atoms with Crippen LogP contribution in [0, 0.1) is 0 Å². The van der Waals surface area contributed by atoms with Crippen molar-refractivity contribution in [2.75, 3.05) is 13.1 Å². The molecule has 0 spiro atoms. The molecule has 7 heteroatoms. The highest BCUT2D eigenvalue weighted by Crippen LogP contribution is 2.41. The number of carboxylic acid groups (broad SMARTS) is 1. The Hall–Kier alpha value is -1.63. The molecule has 0 amide bonds.